The molecule has 2 heterocycles. The SMILES string of the molecule is CCn1c(=O)[nH]c2csnc2c1=O. The van der Waals surface area contributed by atoms with Gasteiger partial charge in [-0.3, -0.25) is 9.36 Å². The topological polar surface area (TPSA) is 67.8 Å². The molecule has 2 rings (SSSR count). The van der Waals surface area contributed by atoms with E-state index in [0.29, 0.717) is 17.6 Å². The Labute approximate surface area is 76.8 Å². The third-order valence-electron chi connectivity index (χ3n) is 1.82. The van der Waals surface area contributed by atoms with E-state index in [1.54, 1.807) is 12.3 Å². The highest BCUT2D eigenvalue weighted by Crippen LogP contribution is 2.04. The van der Waals surface area contributed by atoms with Crippen LogP contribution in [0.2, 0.25) is 0 Å². The average Bonchev–Trinajstić information content (AvgIpc) is 2.53. The van der Waals surface area contributed by atoms with Gasteiger partial charge in [-0.25, -0.2) is 4.79 Å². The van der Waals surface area contributed by atoms with Crippen LogP contribution in [-0.2, 0) is 6.54 Å². The van der Waals surface area contributed by atoms with Crippen LogP contribution < -0.4 is 11.2 Å². The minimum Gasteiger partial charge on any atom is -0.304 e. The van der Waals surface area contributed by atoms with Gasteiger partial charge in [-0.1, -0.05) is 0 Å². The summed E-state index contributed by atoms with van der Waals surface area (Å²) in [5.74, 6) is 0. The molecule has 2 aromatic rings. The van der Waals surface area contributed by atoms with Crippen molar-refractivity contribution >= 4 is 22.6 Å². The van der Waals surface area contributed by atoms with Crippen molar-refractivity contribution in [3.63, 3.8) is 0 Å². The van der Waals surface area contributed by atoms with Gasteiger partial charge in [0.05, 0.1) is 5.52 Å². The molecule has 0 aromatic carbocycles. The maximum Gasteiger partial charge on any atom is 0.328 e. The van der Waals surface area contributed by atoms with Crippen LogP contribution in [0, 0.1) is 0 Å². The van der Waals surface area contributed by atoms with Gasteiger partial charge in [0.25, 0.3) is 5.56 Å². The lowest BCUT2D eigenvalue weighted by Gasteiger charge is -1.97. The van der Waals surface area contributed by atoms with Crippen molar-refractivity contribution in [2.24, 2.45) is 0 Å². The average molecular weight is 197 g/mol. The van der Waals surface area contributed by atoms with Crippen LogP contribution >= 0.6 is 11.5 Å². The molecule has 0 saturated carbocycles. The fourth-order valence-electron chi connectivity index (χ4n) is 1.17. The Morgan fingerprint density at radius 3 is 3.08 bits per heavy atom. The summed E-state index contributed by atoms with van der Waals surface area (Å²) in [6.07, 6.45) is 0. The fraction of sp³-hybridized carbons (Fsp3) is 0.286. The zero-order valence-corrected chi connectivity index (χ0v) is 7.72. The highest BCUT2D eigenvalue weighted by atomic mass is 32.1. The van der Waals surface area contributed by atoms with Crippen LogP contribution in [0.3, 0.4) is 0 Å². The van der Waals surface area contributed by atoms with Gasteiger partial charge in [-0.2, -0.15) is 4.37 Å². The second kappa shape index (κ2) is 2.81. The third-order valence-corrected chi connectivity index (χ3v) is 2.45. The van der Waals surface area contributed by atoms with E-state index in [1.165, 1.54) is 0 Å². The molecule has 0 aliphatic carbocycles. The summed E-state index contributed by atoms with van der Waals surface area (Å²) in [4.78, 5) is 25.4. The lowest BCUT2D eigenvalue weighted by atomic mass is 10.4. The highest BCUT2D eigenvalue weighted by molar-refractivity contribution is 7.04. The molecule has 13 heavy (non-hydrogen) atoms. The van der Waals surface area contributed by atoms with Gasteiger partial charge in [0.15, 0.2) is 5.52 Å². The zero-order chi connectivity index (χ0) is 9.42. The lowest BCUT2D eigenvalue weighted by molar-refractivity contribution is 0.683. The first-order valence-corrected chi connectivity index (χ1v) is 4.65. The molecule has 2 aromatic heterocycles. The molecular weight excluding hydrogens is 190 g/mol. The van der Waals surface area contributed by atoms with Crippen molar-refractivity contribution in [1.82, 2.24) is 13.9 Å². The minimum absolute atomic E-state index is 0.317. The summed E-state index contributed by atoms with van der Waals surface area (Å²) in [5.41, 5.74) is 0.166. The number of hydrogen-bond acceptors (Lipinski definition) is 4. The van der Waals surface area contributed by atoms with Crippen LogP contribution in [0.15, 0.2) is 15.0 Å². The van der Waals surface area contributed by atoms with Crippen molar-refractivity contribution in [2.75, 3.05) is 0 Å². The van der Waals surface area contributed by atoms with Gasteiger partial charge < -0.3 is 4.98 Å². The van der Waals surface area contributed by atoms with E-state index < -0.39 is 0 Å². The second-order valence-corrected chi connectivity index (χ2v) is 3.19. The van der Waals surface area contributed by atoms with Gasteiger partial charge >= 0.3 is 5.69 Å². The number of rotatable bonds is 1. The Kier molecular flexibility index (Phi) is 1.77. The van der Waals surface area contributed by atoms with E-state index in [1.807, 2.05) is 0 Å². The summed E-state index contributed by atoms with van der Waals surface area (Å²) in [6, 6.07) is 0. The van der Waals surface area contributed by atoms with E-state index in [2.05, 4.69) is 9.36 Å². The molecule has 1 N–H and O–H groups in total. The first-order chi connectivity index (χ1) is 6.24. The van der Waals surface area contributed by atoms with Crippen molar-refractivity contribution in [3.05, 3.63) is 26.2 Å². The summed E-state index contributed by atoms with van der Waals surface area (Å²) in [7, 11) is 0. The first-order valence-electron chi connectivity index (χ1n) is 3.81. The maximum atomic E-state index is 11.5. The molecule has 68 valence electrons. The number of aromatic amines is 1. The predicted octanol–water partition coefficient (Wildman–Crippen LogP) is 0.166. The molecule has 5 nitrogen and oxygen atoms in total. The Morgan fingerprint density at radius 1 is 1.62 bits per heavy atom. The summed E-state index contributed by atoms with van der Waals surface area (Å²) in [6.45, 7) is 2.11. The van der Waals surface area contributed by atoms with Crippen LogP contribution in [0.4, 0.5) is 0 Å². The smallest absolute Gasteiger partial charge is 0.304 e. The van der Waals surface area contributed by atoms with Crippen LogP contribution in [0.1, 0.15) is 6.92 Å². The molecule has 0 amide bonds. The Hall–Kier alpha value is -1.43. The number of nitrogens with zero attached hydrogens (tertiary/aromatic N) is 2. The van der Waals surface area contributed by atoms with Crippen molar-refractivity contribution < 1.29 is 0 Å². The monoisotopic (exact) mass is 197 g/mol. The largest absolute Gasteiger partial charge is 0.328 e. The second-order valence-electron chi connectivity index (χ2n) is 2.56. The quantitative estimate of drug-likeness (QED) is 0.708. The summed E-state index contributed by atoms with van der Waals surface area (Å²) >= 11 is 1.16. The van der Waals surface area contributed by atoms with Crippen LogP contribution in [0.25, 0.3) is 11.0 Å². The fourth-order valence-corrected chi connectivity index (χ4v) is 1.78. The van der Waals surface area contributed by atoms with Crippen molar-refractivity contribution in [1.29, 1.82) is 0 Å². The number of H-pyrrole nitrogens is 1. The van der Waals surface area contributed by atoms with Crippen LogP contribution in [0.5, 0.6) is 0 Å². The number of fused-ring (bicyclic) bond motifs is 1. The Balaban J connectivity index is 3.02. The van der Waals surface area contributed by atoms with E-state index in [0.717, 1.165) is 16.1 Å². The van der Waals surface area contributed by atoms with Gasteiger partial charge in [0.2, 0.25) is 0 Å². The molecule has 6 heteroatoms. The molecule has 0 aliphatic rings. The molecule has 0 spiro atoms. The first kappa shape index (κ1) is 8.18. The maximum absolute atomic E-state index is 11.5. The Bertz CT molecular complexity index is 551. The van der Waals surface area contributed by atoms with Gasteiger partial charge in [0, 0.05) is 11.9 Å². The van der Waals surface area contributed by atoms with Gasteiger partial charge in [-0.05, 0) is 18.5 Å². The number of nitrogens with one attached hydrogen (secondary N) is 1. The van der Waals surface area contributed by atoms with E-state index >= 15 is 0 Å². The number of hydrogen-bond donors (Lipinski definition) is 1. The van der Waals surface area contributed by atoms with Crippen molar-refractivity contribution in [2.45, 2.75) is 13.5 Å². The molecule has 0 unspecified atom stereocenters. The molecule has 0 aliphatic heterocycles. The molecule has 0 bridgehead atoms. The van der Waals surface area contributed by atoms with Crippen LogP contribution in [-0.4, -0.2) is 13.9 Å². The number of aromatic nitrogens is 3. The van der Waals surface area contributed by atoms with Gasteiger partial charge in [-0.15, -0.1) is 0 Å². The predicted molar refractivity (Wildman–Crippen MR) is 50.2 cm³/mol. The Morgan fingerprint density at radius 2 is 2.38 bits per heavy atom. The lowest BCUT2D eigenvalue weighted by Crippen LogP contribution is -2.34. The highest BCUT2D eigenvalue weighted by Gasteiger charge is 2.07. The third kappa shape index (κ3) is 1.10. The van der Waals surface area contributed by atoms with E-state index in [9.17, 15) is 9.59 Å². The minimum atomic E-state index is -0.375. The standard InChI is InChI=1S/C7H7N3O2S/c1-2-10-6(11)5-4(3-13-9-5)8-7(10)12/h3H,2H2,1H3,(H,8,12). The molecule has 0 fully saturated rings. The molecule has 0 saturated heterocycles. The van der Waals surface area contributed by atoms with E-state index in [-0.39, 0.29) is 11.2 Å². The summed E-state index contributed by atoms with van der Waals surface area (Å²) in [5, 5.41) is 1.65. The molecular formula is C7H7N3O2S. The van der Waals surface area contributed by atoms with Crippen molar-refractivity contribution in [3.8, 4) is 0 Å². The molecule has 0 atom stereocenters. The molecule has 0 radical (unpaired) electrons. The summed E-state index contributed by atoms with van der Waals surface area (Å²) < 4.78 is 5.03. The van der Waals surface area contributed by atoms with Gasteiger partial charge in [0.1, 0.15) is 0 Å². The normalized spacial score (nSPS) is 10.8. The zero-order valence-electron chi connectivity index (χ0n) is 6.90. The van der Waals surface area contributed by atoms with E-state index in [4.69, 9.17) is 0 Å².